The van der Waals surface area contributed by atoms with E-state index >= 15 is 0 Å². The maximum atomic E-state index is 4.19. The van der Waals surface area contributed by atoms with Gasteiger partial charge in [0.15, 0.2) is 0 Å². The van der Waals surface area contributed by atoms with Crippen LogP contribution in [0.15, 0.2) is 54.9 Å². The second-order valence-electron chi connectivity index (χ2n) is 5.66. The number of hydrogen-bond acceptors (Lipinski definition) is 2. The highest BCUT2D eigenvalue weighted by atomic mass is 15.1. The van der Waals surface area contributed by atoms with Gasteiger partial charge in [-0.1, -0.05) is 36.4 Å². The number of piperidine rings is 1. The van der Waals surface area contributed by atoms with E-state index in [9.17, 15) is 0 Å². The Labute approximate surface area is 121 Å². The van der Waals surface area contributed by atoms with Crippen molar-refractivity contribution in [2.75, 3.05) is 19.6 Å². The molecule has 1 fully saturated rings. The molecular formula is C18H22N2. The van der Waals surface area contributed by atoms with Gasteiger partial charge in [-0.15, -0.1) is 0 Å². The monoisotopic (exact) mass is 266 g/mol. The molecule has 2 aromatic rings. The summed E-state index contributed by atoms with van der Waals surface area (Å²) in [6.45, 7) is 3.59. The van der Waals surface area contributed by atoms with Crippen molar-refractivity contribution in [2.24, 2.45) is 0 Å². The van der Waals surface area contributed by atoms with Gasteiger partial charge in [0, 0.05) is 25.5 Å². The molecule has 2 heteroatoms. The fourth-order valence-corrected chi connectivity index (χ4v) is 3.09. The third kappa shape index (κ3) is 3.45. The fraction of sp³-hybridized carbons (Fsp3) is 0.389. The minimum absolute atomic E-state index is 0.707. The Morgan fingerprint density at radius 2 is 2.00 bits per heavy atom. The molecule has 2 heterocycles. The van der Waals surface area contributed by atoms with Gasteiger partial charge < -0.3 is 4.90 Å². The molecule has 3 rings (SSSR count). The van der Waals surface area contributed by atoms with E-state index in [1.54, 1.807) is 0 Å². The summed E-state index contributed by atoms with van der Waals surface area (Å²) in [5.41, 5.74) is 2.84. The van der Waals surface area contributed by atoms with E-state index in [0.29, 0.717) is 5.92 Å². The lowest BCUT2D eigenvalue weighted by Gasteiger charge is -2.33. The van der Waals surface area contributed by atoms with Crippen LogP contribution in [0, 0.1) is 0 Å². The van der Waals surface area contributed by atoms with Gasteiger partial charge in [0.25, 0.3) is 0 Å². The molecule has 0 amide bonds. The highest BCUT2D eigenvalue weighted by Gasteiger charge is 2.20. The minimum atomic E-state index is 0.707. The van der Waals surface area contributed by atoms with Gasteiger partial charge in [0.05, 0.1) is 0 Å². The van der Waals surface area contributed by atoms with Crippen LogP contribution in [-0.4, -0.2) is 29.5 Å². The zero-order valence-electron chi connectivity index (χ0n) is 11.9. The summed E-state index contributed by atoms with van der Waals surface area (Å²) in [5.74, 6) is 0.707. The molecule has 0 radical (unpaired) electrons. The quantitative estimate of drug-likeness (QED) is 0.842. The van der Waals surface area contributed by atoms with Crippen LogP contribution in [0.3, 0.4) is 0 Å². The van der Waals surface area contributed by atoms with Gasteiger partial charge in [0.2, 0.25) is 0 Å². The molecule has 1 aromatic carbocycles. The summed E-state index contributed by atoms with van der Waals surface area (Å²) in [6.07, 6.45) is 7.57. The van der Waals surface area contributed by atoms with Crippen molar-refractivity contribution in [3.63, 3.8) is 0 Å². The van der Waals surface area contributed by atoms with Crippen LogP contribution in [0.4, 0.5) is 0 Å². The van der Waals surface area contributed by atoms with Crippen LogP contribution in [0.25, 0.3) is 0 Å². The molecule has 1 aliphatic rings. The zero-order chi connectivity index (χ0) is 13.6. The van der Waals surface area contributed by atoms with Crippen molar-refractivity contribution in [3.05, 3.63) is 66.0 Å². The Morgan fingerprint density at radius 3 is 2.80 bits per heavy atom. The van der Waals surface area contributed by atoms with E-state index in [0.717, 1.165) is 13.0 Å². The first-order chi connectivity index (χ1) is 9.92. The van der Waals surface area contributed by atoms with Crippen LogP contribution < -0.4 is 0 Å². The normalized spacial score (nSPS) is 19.9. The first-order valence-corrected chi connectivity index (χ1v) is 7.58. The minimum Gasteiger partial charge on any atom is -0.302 e. The molecule has 104 valence electrons. The molecular weight excluding hydrogens is 244 g/mol. The van der Waals surface area contributed by atoms with Crippen LogP contribution in [-0.2, 0) is 6.42 Å². The van der Waals surface area contributed by atoms with Crippen molar-refractivity contribution in [1.29, 1.82) is 0 Å². The number of pyridine rings is 1. The molecule has 0 spiro atoms. The average molecular weight is 266 g/mol. The lowest BCUT2D eigenvalue weighted by Crippen LogP contribution is -2.35. The van der Waals surface area contributed by atoms with Crippen LogP contribution in [0.1, 0.15) is 29.9 Å². The zero-order valence-corrected chi connectivity index (χ0v) is 11.9. The van der Waals surface area contributed by atoms with Crippen LogP contribution >= 0.6 is 0 Å². The summed E-state index contributed by atoms with van der Waals surface area (Å²) in [5, 5.41) is 0. The Hall–Kier alpha value is -1.67. The molecule has 2 nitrogen and oxygen atoms in total. The molecule has 0 aliphatic carbocycles. The van der Waals surface area contributed by atoms with Gasteiger partial charge in [-0.05, 0) is 48.9 Å². The largest absolute Gasteiger partial charge is 0.302 e. The Bertz CT molecular complexity index is 509. The predicted molar refractivity (Wildman–Crippen MR) is 82.8 cm³/mol. The molecule has 0 bridgehead atoms. The maximum Gasteiger partial charge on any atom is 0.0300 e. The van der Waals surface area contributed by atoms with Crippen molar-refractivity contribution in [2.45, 2.75) is 25.2 Å². The third-order valence-corrected chi connectivity index (χ3v) is 4.22. The Kier molecular flexibility index (Phi) is 4.44. The summed E-state index contributed by atoms with van der Waals surface area (Å²) >= 11 is 0. The molecule has 0 saturated carbocycles. The van der Waals surface area contributed by atoms with Gasteiger partial charge in [0.1, 0.15) is 0 Å². The van der Waals surface area contributed by atoms with Crippen LogP contribution in [0.2, 0.25) is 0 Å². The van der Waals surface area contributed by atoms with Crippen molar-refractivity contribution in [1.82, 2.24) is 9.88 Å². The van der Waals surface area contributed by atoms with E-state index in [2.05, 4.69) is 46.3 Å². The molecule has 20 heavy (non-hydrogen) atoms. The number of likely N-dealkylation sites (tertiary alicyclic amines) is 1. The number of hydrogen-bond donors (Lipinski definition) is 0. The van der Waals surface area contributed by atoms with Gasteiger partial charge in [-0.25, -0.2) is 0 Å². The maximum absolute atomic E-state index is 4.19. The second-order valence-corrected chi connectivity index (χ2v) is 5.66. The number of nitrogens with zero attached hydrogens (tertiary/aromatic N) is 2. The Morgan fingerprint density at radius 1 is 1.10 bits per heavy atom. The van der Waals surface area contributed by atoms with E-state index in [-0.39, 0.29) is 0 Å². The molecule has 0 N–H and O–H groups in total. The average Bonchev–Trinajstić information content (AvgIpc) is 2.55. The number of rotatable bonds is 4. The molecule has 1 aromatic heterocycles. The van der Waals surface area contributed by atoms with Crippen molar-refractivity contribution >= 4 is 0 Å². The summed E-state index contributed by atoms with van der Waals surface area (Å²) in [7, 11) is 0. The highest BCUT2D eigenvalue weighted by Crippen LogP contribution is 2.26. The highest BCUT2D eigenvalue weighted by molar-refractivity contribution is 5.20. The Balaban J connectivity index is 1.56. The molecule has 1 aliphatic heterocycles. The van der Waals surface area contributed by atoms with E-state index in [1.807, 2.05) is 18.5 Å². The lowest BCUT2D eigenvalue weighted by molar-refractivity contribution is 0.210. The third-order valence-electron chi connectivity index (χ3n) is 4.22. The SMILES string of the molecule is c1ccc(C2CCCN(CCc3cccnc3)C2)cc1. The summed E-state index contributed by atoms with van der Waals surface area (Å²) in [6, 6.07) is 15.2. The van der Waals surface area contributed by atoms with E-state index < -0.39 is 0 Å². The van der Waals surface area contributed by atoms with E-state index in [4.69, 9.17) is 0 Å². The topological polar surface area (TPSA) is 16.1 Å². The molecule has 1 unspecified atom stereocenters. The van der Waals surface area contributed by atoms with E-state index in [1.165, 1.54) is 37.1 Å². The summed E-state index contributed by atoms with van der Waals surface area (Å²) < 4.78 is 0. The molecule has 1 atom stereocenters. The number of benzene rings is 1. The standard InChI is InChI=1S/C18H22N2/c1-2-7-17(8-3-1)18-9-5-12-20(15-18)13-10-16-6-4-11-19-14-16/h1-4,6-8,11,14,18H,5,9-10,12-13,15H2. The first kappa shape index (κ1) is 13.3. The van der Waals surface area contributed by atoms with Gasteiger partial charge in [-0.3, -0.25) is 4.98 Å². The van der Waals surface area contributed by atoms with Crippen LogP contribution in [0.5, 0.6) is 0 Å². The first-order valence-electron chi connectivity index (χ1n) is 7.58. The van der Waals surface area contributed by atoms with Crippen molar-refractivity contribution < 1.29 is 0 Å². The predicted octanol–water partition coefficient (Wildman–Crippen LogP) is 3.50. The lowest BCUT2D eigenvalue weighted by atomic mass is 9.90. The van der Waals surface area contributed by atoms with Gasteiger partial charge in [-0.2, -0.15) is 0 Å². The van der Waals surface area contributed by atoms with Crippen molar-refractivity contribution in [3.8, 4) is 0 Å². The fourth-order valence-electron chi connectivity index (χ4n) is 3.09. The summed E-state index contributed by atoms with van der Waals surface area (Å²) in [4.78, 5) is 6.80. The smallest absolute Gasteiger partial charge is 0.0300 e. The van der Waals surface area contributed by atoms with Gasteiger partial charge >= 0.3 is 0 Å². The molecule has 1 saturated heterocycles. The number of aromatic nitrogens is 1. The second kappa shape index (κ2) is 6.67.